The number of nitrogens with one attached hydrogen (secondary N) is 1. The summed E-state index contributed by atoms with van der Waals surface area (Å²) in [6, 6.07) is 9.37. The number of rotatable bonds is 5. The molecule has 0 saturated carbocycles. The van der Waals surface area contributed by atoms with Crippen LogP contribution in [0.1, 0.15) is 12.5 Å². The highest BCUT2D eigenvalue weighted by Crippen LogP contribution is 2.36. The van der Waals surface area contributed by atoms with Crippen molar-refractivity contribution in [3.05, 3.63) is 29.8 Å². The summed E-state index contributed by atoms with van der Waals surface area (Å²) in [7, 11) is 4.26. The molecule has 2 rings (SSSR count). The maximum atomic E-state index is 3.58. The number of fused-ring (bicyclic) bond motifs is 1. The second-order valence-corrected chi connectivity index (χ2v) is 6.36. The van der Waals surface area contributed by atoms with Crippen LogP contribution in [-0.2, 0) is 6.42 Å². The monoisotopic (exact) mass is 250 g/mol. The third-order valence-electron chi connectivity index (χ3n) is 3.41. The molecule has 94 valence electrons. The van der Waals surface area contributed by atoms with Gasteiger partial charge < -0.3 is 10.2 Å². The molecule has 1 heterocycles. The molecule has 0 radical (unpaired) electrons. The van der Waals surface area contributed by atoms with Crippen molar-refractivity contribution in [3.8, 4) is 0 Å². The fourth-order valence-electron chi connectivity index (χ4n) is 2.00. The molecule has 1 aliphatic rings. The third-order valence-corrected chi connectivity index (χ3v) is 4.73. The SMILES string of the molecule is CC(CNCC1Cc2ccccc2S1)N(C)C. The van der Waals surface area contributed by atoms with E-state index in [1.807, 2.05) is 11.8 Å². The lowest BCUT2D eigenvalue weighted by Crippen LogP contribution is -2.37. The quantitative estimate of drug-likeness (QED) is 0.863. The highest BCUT2D eigenvalue weighted by atomic mass is 32.2. The van der Waals surface area contributed by atoms with E-state index in [1.165, 1.54) is 16.9 Å². The van der Waals surface area contributed by atoms with Crippen LogP contribution >= 0.6 is 11.8 Å². The number of hydrogen-bond acceptors (Lipinski definition) is 3. The number of thioether (sulfide) groups is 1. The summed E-state index contributed by atoms with van der Waals surface area (Å²) in [4.78, 5) is 3.73. The number of likely N-dealkylation sites (N-methyl/N-ethyl adjacent to an activating group) is 1. The van der Waals surface area contributed by atoms with Crippen molar-refractivity contribution in [1.82, 2.24) is 10.2 Å². The van der Waals surface area contributed by atoms with Crippen LogP contribution in [0.2, 0.25) is 0 Å². The Hall–Kier alpha value is -0.510. The van der Waals surface area contributed by atoms with Gasteiger partial charge in [0.15, 0.2) is 0 Å². The third kappa shape index (κ3) is 3.47. The van der Waals surface area contributed by atoms with E-state index >= 15 is 0 Å². The minimum atomic E-state index is 0.601. The Bertz CT molecular complexity index is 340. The summed E-state index contributed by atoms with van der Waals surface area (Å²) in [5.41, 5.74) is 1.52. The highest BCUT2D eigenvalue weighted by Gasteiger charge is 2.21. The number of hydrogen-bond donors (Lipinski definition) is 1. The molecule has 2 atom stereocenters. The Morgan fingerprint density at radius 2 is 2.18 bits per heavy atom. The molecule has 2 nitrogen and oxygen atoms in total. The highest BCUT2D eigenvalue weighted by molar-refractivity contribution is 8.00. The van der Waals surface area contributed by atoms with Crippen molar-refractivity contribution >= 4 is 11.8 Å². The second-order valence-electron chi connectivity index (χ2n) is 5.02. The van der Waals surface area contributed by atoms with Gasteiger partial charge in [-0.3, -0.25) is 0 Å². The Morgan fingerprint density at radius 3 is 2.88 bits per heavy atom. The minimum absolute atomic E-state index is 0.601. The van der Waals surface area contributed by atoms with E-state index < -0.39 is 0 Å². The largest absolute Gasteiger partial charge is 0.314 e. The van der Waals surface area contributed by atoms with Gasteiger partial charge in [-0.25, -0.2) is 0 Å². The lowest BCUT2D eigenvalue weighted by atomic mass is 10.1. The zero-order valence-corrected chi connectivity index (χ0v) is 11.8. The molecule has 0 amide bonds. The van der Waals surface area contributed by atoms with Crippen LogP contribution in [0.5, 0.6) is 0 Å². The van der Waals surface area contributed by atoms with Gasteiger partial charge >= 0.3 is 0 Å². The molecule has 1 aromatic rings. The fourth-order valence-corrected chi connectivity index (χ4v) is 3.29. The molecule has 1 N–H and O–H groups in total. The summed E-state index contributed by atoms with van der Waals surface area (Å²) in [5, 5.41) is 4.29. The van der Waals surface area contributed by atoms with E-state index in [0.29, 0.717) is 11.3 Å². The molecule has 0 bridgehead atoms. The van der Waals surface area contributed by atoms with E-state index in [4.69, 9.17) is 0 Å². The first-order valence-electron chi connectivity index (χ1n) is 6.28. The zero-order valence-electron chi connectivity index (χ0n) is 10.9. The Kier molecular flexibility index (Phi) is 4.48. The van der Waals surface area contributed by atoms with Gasteiger partial charge in [0, 0.05) is 29.3 Å². The second kappa shape index (κ2) is 5.89. The molecule has 1 aliphatic heterocycles. The molecule has 0 aromatic heterocycles. The summed E-state index contributed by atoms with van der Waals surface area (Å²) < 4.78 is 0. The average molecular weight is 250 g/mol. The van der Waals surface area contributed by atoms with Crippen molar-refractivity contribution < 1.29 is 0 Å². The molecule has 2 unspecified atom stereocenters. The summed E-state index contributed by atoms with van der Waals surface area (Å²) >= 11 is 2.02. The van der Waals surface area contributed by atoms with Gasteiger partial charge in [0.05, 0.1) is 0 Å². The summed E-state index contributed by atoms with van der Waals surface area (Å²) in [5.74, 6) is 0. The molecule has 1 aromatic carbocycles. The molecule has 17 heavy (non-hydrogen) atoms. The topological polar surface area (TPSA) is 15.3 Å². The normalized spacial score (nSPS) is 20.6. The predicted molar refractivity (Wildman–Crippen MR) is 75.8 cm³/mol. The Balaban J connectivity index is 1.73. The van der Waals surface area contributed by atoms with Crippen molar-refractivity contribution in [2.24, 2.45) is 0 Å². The first-order valence-corrected chi connectivity index (χ1v) is 7.16. The van der Waals surface area contributed by atoms with Gasteiger partial charge in [-0.05, 0) is 39.1 Å². The summed E-state index contributed by atoms with van der Waals surface area (Å²) in [6.07, 6.45) is 1.21. The lowest BCUT2D eigenvalue weighted by Gasteiger charge is -2.21. The molecular formula is C14H22N2S. The Morgan fingerprint density at radius 1 is 1.41 bits per heavy atom. The zero-order chi connectivity index (χ0) is 12.3. The van der Waals surface area contributed by atoms with E-state index in [9.17, 15) is 0 Å². The van der Waals surface area contributed by atoms with Crippen LogP contribution in [0.15, 0.2) is 29.2 Å². The molecular weight excluding hydrogens is 228 g/mol. The number of benzene rings is 1. The molecule has 0 fully saturated rings. The van der Waals surface area contributed by atoms with E-state index in [-0.39, 0.29) is 0 Å². The van der Waals surface area contributed by atoms with Crippen molar-refractivity contribution in [2.45, 2.75) is 29.5 Å². The van der Waals surface area contributed by atoms with Crippen LogP contribution in [0, 0.1) is 0 Å². The van der Waals surface area contributed by atoms with Crippen molar-refractivity contribution in [3.63, 3.8) is 0 Å². The van der Waals surface area contributed by atoms with Crippen molar-refractivity contribution in [2.75, 3.05) is 27.2 Å². The maximum Gasteiger partial charge on any atom is 0.0260 e. The number of nitrogens with zero attached hydrogens (tertiary/aromatic N) is 1. The maximum absolute atomic E-state index is 3.58. The lowest BCUT2D eigenvalue weighted by molar-refractivity contribution is 0.303. The van der Waals surface area contributed by atoms with Crippen molar-refractivity contribution in [1.29, 1.82) is 0 Å². The van der Waals surface area contributed by atoms with Crippen LogP contribution in [0.3, 0.4) is 0 Å². The molecule has 0 spiro atoms. The Labute approximate surface area is 109 Å². The van der Waals surface area contributed by atoms with Crippen LogP contribution < -0.4 is 5.32 Å². The van der Waals surface area contributed by atoms with E-state index in [2.05, 4.69) is 55.5 Å². The average Bonchev–Trinajstić information content (AvgIpc) is 2.71. The standard InChI is InChI=1S/C14H22N2S/c1-11(16(2)3)9-15-10-13-8-12-6-4-5-7-14(12)17-13/h4-7,11,13,15H,8-10H2,1-3H3. The van der Waals surface area contributed by atoms with Crippen LogP contribution in [0.4, 0.5) is 0 Å². The van der Waals surface area contributed by atoms with E-state index in [1.54, 1.807) is 0 Å². The smallest absolute Gasteiger partial charge is 0.0260 e. The fraction of sp³-hybridized carbons (Fsp3) is 0.571. The van der Waals surface area contributed by atoms with Gasteiger partial charge in [-0.15, -0.1) is 11.8 Å². The van der Waals surface area contributed by atoms with Crippen LogP contribution in [-0.4, -0.2) is 43.4 Å². The molecule has 0 saturated heterocycles. The van der Waals surface area contributed by atoms with Gasteiger partial charge in [-0.1, -0.05) is 18.2 Å². The van der Waals surface area contributed by atoms with Gasteiger partial charge in [-0.2, -0.15) is 0 Å². The molecule has 3 heteroatoms. The van der Waals surface area contributed by atoms with E-state index in [0.717, 1.165) is 13.1 Å². The van der Waals surface area contributed by atoms with Gasteiger partial charge in [0.2, 0.25) is 0 Å². The first-order chi connectivity index (χ1) is 8.16. The summed E-state index contributed by atoms with van der Waals surface area (Å²) in [6.45, 7) is 4.43. The molecule has 0 aliphatic carbocycles. The van der Waals surface area contributed by atoms with Gasteiger partial charge in [0.25, 0.3) is 0 Å². The van der Waals surface area contributed by atoms with Gasteiger partial charge in [0.1, 0.15) is 0 Å². The van der Waals surface area contributed by atoms with Crippen LogP contribution in [0.25, 0.3) is 0 Å². The first kappa shape index (κ1) is 12.9. The predicted octanol–water partition coefficient (Wildman–Crippen LogP) is 2.24. The minimum Gasteiger partial charge on any atom is -0.314 e.